The number of benzene rings is 18. The van der Waals surface area contributed by atoms with Gasteiger partial charge in [0.05, 0.1) is 34.1 Å². The van der Waals surface area contributed by atoms with E-state index in [0.29, 0.717) is 0 Å². The van der Waals surface area contributed by atoms with E-state index in [1.54, 1.807) is 0 Å². The third-order valence-corrected chi connectivity index (χ3v) is 30.2. The summed E-state index contributed by atoms with van der Waals surface area (Å²) in [6.07, 6.45) is 0. The molecule has 132 heavy (non-hydrogen) atoms. The highest BCUT2D eigenvalue weighted by molar-refractivity contribution is 9.10. The van der Waals surface area contributed by atoms with E-state index >= 15 is 0 Å². The molecule has 0 fully saturated rings. The Balaban J connectivity index is 0.000000132. The fourth-order valence-electron chi connectivity index (χ4n) is 22.3. The molecule has 644 valence electrons. The average Bonchev–Trinajstić information content (AvgIpc) is 1.07. The van der Waals surface area contributed by atoms with Crippen molar-refractivity contribution < 1.29 is 0 Å². The molecule has 18 aromatic rings. The second kappa shape index (κ2) is 32.3. The Hall–Kier alpha value is -14.4. The van der Waals surface area contributed by atoms with Crippen LogP contribution in [0, 0.1) is 0 Å². The van der Waals surface area contributed by atoms with E-state index in [1.165, 1.54) is 190 Å². The number of fused-ring (bicyclic) bond motifs is 14. The molecule has 4 aliphatic heterocycles. The summed E-state index contributed by atoms with van der Waals surface area (Å²) in [7, 11) is 0. The van der Waals surface area contributed by atoms with Gasteiger partial charge in [-0.25, -0.2) is 0 Å². The van der Waals surface area contributed by atoms with Gasteiger partial charge in [-0.05, 0) is 277 Å². The number of nitrogens with zero attached hydrogens (tertiary/aromatic N) is 3. The molecule has 5 heteroatoms. The summed E-state index contributed by atoms with van der Waals surface area (Å²) in [5.41, 5.74) is 49.5. The molecule has 1 N–H and O–H groups in total. The molecule has 0 atom stereocenters. The van der Waals surface area contributed by atoms with Gasteiger partial charge in [0.1, 0.15) is 0 Å². The number of halogens is 1. The molecular weight excluding hydrogens is 1660 g/mol. The second-order valence-corrected chi connectivity index (χ2v) is 40.4. The van der Waals surface area contributed by atoms with Gasteiger partial charge in [0.2, 0.25) is 0 Å². The third-order valence-electron chi connectivity index (χ3n) is 29.6. The molecule has 0 bridgehead atoms. The summed E-state index contributed by atoms with van der Waals surface area (Å²) in [5, 5.41) is 3.58. The van der Waals surface area contributed by atoms with E-state index in [4.69, 9.17) is 0 Å². The van der Waals surface area contributed by atoms with Gasteiger partial charge in [0.15, 0.2) is 0 Å². The minimum Gasteiger partial charge on any atom is -0.356 e. The first kappa shape index (κ1) is 84.5. The van der Waals surface area contributed by atoms with Gasteiger partial charge in [-0.2, -0.15) is 0 Å². The highest BCUT2D eigenvalue weighted by Gasteiger charge is 2.48. The maximum atomic E-state index is 3.58. The first-order valence-electron chi connectivity index (χ1n) is 46.2. The number of hydrogen-bond acceptors (Lipinski definition) is 4. The van der Waals surface area contributed by atoms with E-state index < -0.39 is 0 Å². The van der Waals surface area contributed by atoms with E-state index in [-0.39, 0.29) is 39.9 Å². The van der Waals surface area contributed by atoms with Crippen LogP contribution in [0.1, 0.15) is 157 Å². The minimum absolute atomic E-state index is 0. The maximum absolute atomic E-state index is 3.58. The van der Waals surface area contributed by atoms with Crippen molar-refractivity contribution in [3.05, 3.63) is 484 Å². The monoisotopic (exact) mass is 1770 g/mol. The molecule has 0 radical (unpaired) electrons. The van der Waals surface area contributed by atoms with Crippen molar-refractivity contribution >= 4 is 78.5 Å². The highest BCUT2D eigenvalue weighted by atomic mass is 79.9. The molecule has 0 saturated carbocycles. The lowest BCUT2D eigenvalue weighted by molar-refractivity contribution is 0.597. The normalized spacial score (nSPS) is 15.0. The van der Waals surface area contributed by atoms with Crippen LogP contribution in [0.5, 0.6) is 0 Å². The van der Waals surface area contributed by atoms with Crippen LogP contribution in [0.2, 0.25) is 0 Å². The second-order valence-electron chi connectivity index (χ2n) is 39.4. The summed E-state index contributed by atoms with van der Waals surface area (Å²) in [6, 6.07) is 152. The largest absolute Gasteiger partial charge is 0.356 e. The Labute approximate surface area is 788 Å². The highest BCUT2D eigenvalue weighted by Crippen LogP contribution is 2.64. The third kappa shape index (κ3) is 14.0. The van der Waals surface area contributed by atoms with Crippen molar-refractivity contribution in [2.75, 3.05) is 20.0 Å². The van der Waals surface area contributed by atoms with Crippen molar-refractivity contribution in [2.24, 2.45) is 0 Å². The number of para-hydroxylation sites is 4. The summed E-state index contributed by atoms with van der Waals surface area (Å²) in [4.78, 5) is 7.46. The summed E-state index contributed by atoms with van der Waals surface area (Å²) >= 11 is 3.55. The van der Waals surface area contributed by atoms with Gasteiger partial charge < -0.3 is 20.0 Å². The first-order valence-corrected chi connectivity index (χ1v) is 47.0. The average molecular weight is 1770 g/mol. The molecule has 24 rings (SSSR count). The smallest absolute Gasteiger partial charge is 0.0544 e. The Morgan fingerprint density at radius 2 is 0.439 bits per heavy atom. The summed E-state index contributed by atoms with van der Waals surface area (Å²) < 4.78 is 1.10. The molecule has 18 aromatic carbocycles. The van der Waals surface area contributed by atoms with Gasteiger partial charge in [-0.1, -0.05) is 398 Å². The number of nitrogens with one attached hydrogen (secondary N) is 1. The minimum atomic E-state index is -0.171. The first-order chi connectivity index (χ1) is 63.4. The van der Waals surface area contributed by atoms with Gasteiger partial charge >= 0.3 is 0 Å². The van der Waals surface area contributed by atoms with Crippen LogP contribution in [0.15, 0.2) is 417 Å². The van der Waals surface area contributed by atoms with Crippen molar-refractivity contribution in [1.29, 1.82) is 0 Å². The lowest BCUT2D eigenvalue weighted by Crippen LogP contribution is -2.38. The zero-order chi connectivity index (χ0) is 89.6. The molecule has 4 nitrogen and oxygen atoms in total. The summed E-state index contributed by atoms with van der Waals surface area (Å²) in [5.74, 6) is 0. The zero-order valence-corrected chi connectivity index (χ0v) is 78.1. The van der Waals surface area contributed by atoms with Crippen LogP contribution in [-0.4, -0.2) is 0 Å². The topological polar surface area (TPSA) is 21.8 Å². The fraction of sp³-hybridized carbons (Fsp3) is 0.150. The van der Waals surface area contributed by atoms with Crippen LogP contribution in [0.4, 0.5) is 62.6 Å². The standard InChI is InChI=1S/C63H52N2.C36H30BrN.C27H23N.CH4/c1-61(2)52-19-11-10-18-50(52)51-37-36-49(40-55(51)61)64(47-32-28-43(29-33-47)41-16-8-7-9-17-41)48-34-30-44(31-35-48)42-24-26-45(27-25-42)46-38-56-60-57(39-46)63(5,6)54-21-13-15-23-59(54)65(60)58-22-14-12-20-53(58)62(56,3)4;1-35(2)28-9-5-7-11-32(28)38-33-12-8-6-10-29(33)36(3,4)31-22-26(21-30(35)34(31)38)25-15-13-23(14-16-25)24-17-19-27(37)20-18-24;1-27(2)25-11-7-6-10-23(25)24-17-16-22(18-26(24)27)28-21-14-12-20(13-15-21)19-8-4-3-5-9-19;/h7-40H,1-6H3;5-22H,1-4H3;3-18,28H,1-2H3;1H4. The van der Waals surface area contributed by atoms with Crippen LogP contribution >= 0.6 is 15.9 Å². The molecular formula is C127H109BrN4. The van der Waals surface area contributed by atoms with Crippen LogP contribution in [0.3, 0.4) is 0 Å². The lowest BCUT2D eigenvalue weighted by atomic mass is 9.65. The predicted octanol–water partition coefficient (Wildman–Crippen LogP) is 35.8. The summed E-state index contributed by atoms with van der Waals surface area (Å²) in [6.45, 7) is 28.5. The quantitative estimate of drug-likeness (QED) is 0.139. The molecule has 0 unspecified atom stereocenters. The molecule has 6 aliphatic rings. The Bertz CT molecular complexity index is 7340. The lowest BCUT2D eigenvalue weighted by Gasteiger charge is -2.49. The van der Waals surface area contributed by atoms with E-state index in [0.717, 1.165) is 32.9 Å². The van der Waals surface area contributed by atoms with Crippen LogP contribution in [-0.2, 0) is 32.5 Å². The van der Waals surface area contributed by atoms with E-state index in [1.807, 2.05) is 6.07 Å². The Morgan fingerprint density at radius 1 is 0.197 bits per heavy atom. The SMILES string of the molecule is C.CC1(C)c2ccccc2-c2ccc(N(c3ccc(-c4ccccc4)cc3)c3ccc(-c4ccc(-c5cc6c7c(c5)C(C)(C)c5ccccc5N7c5ccccc5C6(C)C)cc4)cc3)cc21.CC1(C)c2ccccc2-c2ccc(Nc3ccc(-c4ccccc4)cc3)cc21.CC1(C)c2ccccc2N2c3ccccc3C(C)(C)c3cc(-c4ccc(-c5ccc(Br)cc5)cc4)cc1c32. The maximum Gasteiger partial charge on any atom is 0.0544 e. The molecule has 0 amide bonds. The molecule has 0 aromatic heterocycles. The van der Waals surface area contributed by atoms with Gasteiger partial charge in [-0.15, -0.1) is 0 Å². The van der Waals surface area contributed by atoms with Crippen LogP contribution in [0.25, 0.3) is 89.0 Å². The Kier molecular flexibility index (Phi) is 20.7. The molecule has 4 heterocycles. The Morgan fingerprint density at radius 3 is 0.795 bits per heavy atom. The number of anilines is 11. The number of hydrogen-bond donors (Lipinski definition) is 1. The fourth-order valence-corrected chi connectivity index (χ4v) is 22.6. The van der Waals surface area contributed by atoms with E-state index in [9.17, 15) is 0 Å². The predicted molar refractivity (Wildman–Crippen MR) is 564 cm³/mol. The van der Waals surface area contributed by atoms with Gasteiger partial charge in [0.25, 0.3) is 0 Å². The van der Waals surface area contributed by atoms with Crippen LogP contribution < -0.4 is 20.0 Å². The van der Waals surface area contributed by atoms with Crippen molar-refractivity contribution in [1.82, 2.24) is 0 Å². The van der Waals surface area contributed by atoms with Crippen molar-refractivity contribution in [3.8, 4) is 89.0 Å². The van der Waals surface area contributed by atoms with Gasteiger partial charge in [-0.3, -0.25) is 0 Å². The molecule has 2 aliphatic carbocycles. The molecule has 0 saturated heterocycles. The van der Waals surface area contributed by atoms with Gasteiger partial charge in [0, 0.05) is 65.4 Å². The molecule has 0 spiro atoms. The van der Waals surface area contributed by atoms with E-state index in [2.05, 4.69) is 525 Å². The van der Waals surface area contributed by atoms with Crippen molar-refractivity contribution in [2.45, 2.75) is 123 Å². The number of rotatable bonds is 11. The van der Waals surface area contributed by atoms with Crippen molar-refractivity contribution in [3.63, 3.8) is 0 Å². The zero-order valence-electron chi connectivity index (χ0n) is 76.5.